The molecule has 0 radical (unpaired) electrons. The second-order valence-corrected chi connectivity index (χ2v) is 8.67. The van der Waals surface area contributed by atoms with Crippen LogP contribution in [-0.4, -0.2) is 25.5 Å². The van der Waals surface area contributed by atoms with Gasteiger partial charge in [0.15, 0.2) is 9.84 Å². The molecule has 0 bridgehead atoms. The summed E-state index contributed by atoms with van der Waals surface area (Å²) in [5.41, 5.74) is 1.26. The van der Waals surface area contributed by atoms with E-state index in [-0.39, 0.29) is 17.3 Å². The van der Waals surface area contributed by atoms with Crippen LogP contribution in [0.25, 0.3) is 11.3 Å². The van der Waals surface area contributed by atoms with Crippen molar-refractivity contribution >= 4 is 9.84 Å². The SMILES string of the molecule is Cc1cc(F)ccc1-c1ccc(CN[C@@]2(C)CCS(=O)(=O)C2)o1. The number of hydrogen-bond donors (Lipinski definition) is 1. The van der Waals surface area contributed by atoms with Crippen LogP contribution >= 0.6 is 0 Å². The lowest BCUT2D eigenvalue weighted by Gasteiger charge is -2.23. The van der Waals surface area contributed by atoms with E-state index in [0.717, 1.165) is 16.9 Å². The van der Waals surface area contributed by atoms with Crippen molar-refractivity contribution in [2.75, 3.05) is 11.5 Å². The van der Waals surface area contributed by atoms with Gasteiger partial charge in [-0.05, 0) is 56.2 Å². The number of benzene rings is 1. The summed E-state index contributed by atoms with van der Waals surface area (Å²) in [6.07, 6.45) is 0.611. The van der Waals surface area contributed by atoms with E-state index in [1.807, 2.05) is 26.0 Å². The lowest BCUT2D eigenvalue weighted by Crippen LogP contribution is -2.42. The second kappa shape index (κ2) is 5.76. The third kappa shape index (κ3) is 3.64. The maximum atomic E-state index is 13.2. The smallest absolute Gasteiger partial charge is 0.152 e. The van der Waals surface area contributed by atoms with Crippen molar-refractivity contribution in [2.45, 2.75) is 32.4 Å². The molecule has 2 aromatic rings. The van der Waals surface area contributed by atoms with Gasteiger partial charge in [0.05, 0.1) is 18.1 Å². The molecular formula is C17H20FNO3S. The first-order valence-electron chi connectivity index (χ1n) is 7.57. The molecule has 1 N–H and O–H groups in total. The van der Waals surface area contributed by atoms with Crippen molar-refractivity contribution in [3.05, 3.63) is 47.5 Å². The summed E-state index contributed by atoms with van der Waals surface area (Å²) in [5, 5.41) is 3.29. The molecular weight excluding hydrogens is 317 g/mol. The van der Waals surface area contributed by atoms with Crippen molar-refractivity contribution in [1.29, 1.82) is 0 Å². The van der Waals surface area contributed by atoms with E-state index in [1.165, 1.54) is 12.1 Å². The summed E-state index contributed by atoms with van der Waals surface area (Å²) in [6.45, 7) is 4.22. The van der Waals surface area contributed by atoms with Gasteiger partial charge in [0.2, 0.25) is 0 Å². The number of aryl methyl sites for hydroxylation is 1. The highest BCUT2D eigenvalue weighted by molar-refractivity contribution is 7.91. The zero-order valence-corrected chi connectivity index (χ0v) is 14.0. The Bertz CT molecular complexity index is 828. The fourth-order valence-electron chi connectivity index (χ4n) is 2.97. The van der Waals surface area contributed by atoms with Crippen molar-refractivity contribution in [3.8, 4) is 11.3 Å². The number of nitrogens with one attached hydrogen (secondary N) is 1. The Morgan fingerprint density at radius 2 is 2.09 bits per heavy atom. The van der Waals surface area contributed by atoms with Crippen molar-refractivity contribution in [3.63, 3.8) is 0 Å². The molecule has 6 heteroatoms. The molecule has 1 aliphatic rings. The minimum absolute atomic E-state index is 0.157. The number of sulfone groups is 1. The van der Waals surface area contributed by atoms with Gasteiger partial charge in [0.1, 0.15) is 17.3 Å². The molecule has 4 nitrogen and oxygen atoms in total. The van der Waals surface area contributed by atoms with E-state index in [0.29, 0.717) is 18.7 Å². The van der Waals surface area contributed by atoms with Gasteiger partial charge in [0.25, 0.3) is 0 Å². The summed E-state index contributed by atoms with van der Waals surface area (Å²) in [4.78, 5) is 0. The molecule has 1 aromatic heterocycles. The molecule has 1 aliphatic heterocycles. The summed E-state index contributed by atoms with van der Waals surface area (Å²) >= 11 is 0. The van der Waals surface area contributed by atoms with Crippen LogP contribution in [-0.2, 0) is 16.4 Å². The largest absolute Gasteiger partial charge is 0.460 e. The Hall–Kier alpha value is -1.66. The predicted octanol–water partition coefficient (Wildman–Crippen LogP) is 3.06. The fraction of sp³-hybridized carbons (Fsp3) is 0.412. The highest BCUT2D eigenvalue weighted by Crippen LogP contribution is 2.27. The summed E-state index contributed by atoms with van der Waals surface area (Å²) < 4.78 is 42.2. The van der Waals surface area contributed by atoms with Gasteiger partial charge >= 0.3 is 0 Å². The Morgan fingerprint density at radius 1 is 1.30 bits per heavy atom. The van der Waals surface area contributed by atoms with Crippen LogP contribution in [0.1, 0.15) is 24.7 Å². The van der Waals surface area contributed by atoms with Gasteiger partial charge in [-0.15, -0.1) is 0 Å². The predicted molar refractivity (Wildman–Crippen MR) is 87.4 cm³/mol. The van der Waals surface area contributed by atoms with Crippen LogP contribution in [0.3, 0.4) is 0 Å². The Balaban J connectivity index is 1.71. The number of halogens is 1. The molecule has 1 aromatic carbocycles. The highest BCUT2D eigenvalue weighted by Gasteiger charge is 2.37. The number of rotatable bonds is 4. The topological polar surface area (TPSA) is 59.3 Å². The maximum absolute atomic E-state index is 13.2. The second-order valence-electron chi connectivity index (χ2n) is 6.48. The van der Waals surface area contributed by atoms with Crippen molar-refractivity contribution in [2.24, 2.45) is 0 Å². The van der Waals surface area contributed by atoms with E-state index >= 15 is 0 Å². The van der Waals surface area contributed by atoms with Crippen molar-refractivity contribution in [1.82, 2.24) is 5.32 Å². The van der Waals surface area contributed by atoms with Crippen LogP contribution < -0.4 is 5.32 Å². The van der Waals surface area contributed by atoms with E-state index < -0.39 is 15.4 Å². The summed E-state index contributed by atoms with van der Waals surface area (Å²) in [6, 6.07) is 8.29. The normalized spacial score (nSPS) is 23.3. The molecule has 1 fully saturated rings. The Labute approximate surface area is 135 Å². The molecule has 0 unspecified atom stereocenters. The third-order valence-corrected chi connectivity index (χ3v) is 6.21. The molecule has 2 heterocycles. The molecule has 0 amide bonds. The van der Waals surface area contributed by atoms with E-state index in [9.17, 15) is 12.8 Å². The zero-order valence-electron chi connectivity index (χ0n) is 13.2. The molecule has 0 spiro atoms. The van der Waals surface area contributed by atoms with Crippen LogP contribution in [0.4, 0.5) is 4.39 Å². The Kier molecular flexibility index (Phi) is 4.06. The molecule has 23 heavy (non-hydrogen) atoms. The van der Waals surface area contributed by atoms with Gasteiger partial charge in [-0.3, -0.25) is 0 Å². The monoisotopic (exact) mass is 337 g/mol. The average Bonchev–Trinajstić information content (AvgIpc) is 3.02. The molecule has 3 rings (SSSR count). The molecule has 0 aliphatic carbocycles. The van der Waals surface area contributed by atoms with E-state index in [4.69, 9.17) is 4.42 Å². The van der Waals surface area contributed by atoms with E-state index in [2.05, 4.69) is 5.32 Å². The number of hydrogen-bond acceptors (Lipinski definition) is 4. The highest BCUT2D eigenvalue weighted by atomic mass is 32.2. The van der Waals surface area contributed by atoms with Gasteiger partial charge in [-0.2, -0.15) is 0 Å². The van der Waals surface area contributed by atoms with Crippen LogP contribution in [0.2, 0.25) is 0 Å². The zero-order chi connectivity index (χ0) is 16.7. The van der Waals surface area contributed by atoms with Crippen LogP contribution in [0.5, 0.6) is 0 Å². The number of furan rings is 1. The molecule has 124 valence electrons. The molecule has 1 saturated heterocycles. The maximum Gasteiger partial charge on any atom is 0.152 e. The van der Waals surface area contributed by atoms with Crippen LogP contribution in [0, 0.1) is 12.7 Å². The van der Waals surface area contributed by atoms with Crippen LogP contribution in [0.15, 0.2) is 34.7 Å². The summed E-state index contributed by atoms with van der Waals surface area (Å²) in [7, 11) is -2.93. The first kappa shape index (κ1) is 16.2. The first-order chi connectivity index (χ1) is 10.8. The average molecular weight is 337 g/mol. The van der Waals surface area contributed by atoms with Crippen molar-refractivity contribution < 1.29 is 17.2 Å². The van der Waals surface area contributed by atoms with Gasteiger partial charge in [-0.25, -0.2) is 12.8 Å². The first-order valence-corrected chi connectivity index (χ1v) is 9.39. The minimum atomic E-state index is -2.93. The summed E-state index contributed by atoms with van der Waals surface area (Å²) in [5.74, 6) is 1.53. The lowest BCUT2D eigenvalue weighted by atomic mass is 10.0. The molecule has 1 atom stereocenters. The quantitative estimate of drug-likeness (QED) is 0.931. The fourth-order valence-corrected chi connectivity index (χ4v) is 5.09. The van der Waals surface area contributed by atoms with Gasteiger partial charge in [0, 0.05) is 11.1 Å². The standard InChI is InChI=1S/C17H20FNO3S/c1-12-9-13(18)3-5-15(12)16-6-4-14(22-16)10-19-17(2)7-8-23(20,21)11-17/h3-6,9,19H,7-8,10-11H2,1-2H3/t17-/m0/s1. The lowest BCUT2D eigenvalue weighted by molar-refractivity contribution is 0.370. The van der Waals surface area contributed by atoms with Gasteiger partial charge in [-0.1, -0.05) is 0 Å². The third-order valence-electron chi connectivity index (χ3n) is 4.31. The van der Waals surface area contributed by atoms with E-state index in [1.54, 1.807) is 6.07 Å². The molecule has 0 saturated carbocycles. The minimum Gasteiger partial charge on any atom is -0.460 e. The Morgan fingerprint density at radius 3 is 2.74 bits per heavy atom. The van der Waals surface area contributed by atoms with Gasteiger partial charge < -0.3 is 9.73 Å².